The molecule has 1 N–H and O–H groups in total. The number of carbonyl (C=O) groups is 1. The van der Waals surface area contributed by atoms with E-state index in [0.29, 0.717) is 36.6 Å². The normalized spacial score (nSPS) is 44.4. The second-order valence-corrected chi connectivity index (χ2v) is 11.4. The number of aromatic nitrogens is 4. The molecule has 7 heteroatoms. The van der Waals surface area contributed by atoms with Crippen LogP contribution in [0.2, 0.25) is 0 Å². The van der Waals surface area contributed by atoms with Crippen LogP contribution in [-0.2, 0) is 16.1 Å². The minimum absolute atomic E-state index is 0.123. The first-order chi connectivity index (χ1) is 14.8. The molecule has 0 saturated heterocycles. The van der Waals surface area contributed by atoms with Gasteiger partial charge in [0.2, 0.25) is 0 Å². The lowest BCUT2D eigenvalue weighted by Gasteiger charge is -2.57. The van der Waals surface area contributed by atoms with Crippen molar-refractivity contribution in [1.29, 1.82) is 0 Å². The third-order valence-corrected chi connectivity index (χ3v) is 9.92. The summed E-state index contributed by atoms with van der Waals surface area (Å²) in [5.74, 6) is 4.74. The first kappa shape index (κ1) is 21.5. The van der Waals surface area contributed by atoms with E-state index in [-0.39, 0.29) is 11.3 Å². The van der Waals surface area contributed by atoms with Crippen LogP contribution in [-0.4, -0.2) is 50.4 Å². The van der Waals surface area contributed by atoms with E-state index in [4.69, 9.17) is 4.74 Å². The molecule has 4 aliphatic carbocycles. The molecular weight excluding hydrogens is 392 g/mol. The van der Waals surface area contributed by atoms with E-state index in [1.165, 1.54) is 25.7 Å². The van der Waals surface area contributed by atoms with Crippen LogP contribution in [0.4, 0.5) is 0 Å². The van der Waals surface area contributed by atoms with Gasteiger partial charge >= 0.3 is 0 Å². The minimum atomic E-state index is -0.620. The van der Waals surface area contributed by atoms with Gasteiger partial charge in [0.05, 0.1) is 12.2 Å². The van der Waals surface area contributed by atoms with Crippen molar-refractivity contribution < 1.29 is 14.6 Å². The van der Waals surface area contributed by atoms with Gasteiger partial charge in [0.15, 0.2) is 5.78 Å². The van der Waals surface area contributed by atoms with Crippen LogP contribution in [0.1, 0.15) is 70.5 Å². The Morgan fingerprint density at radius 1 is 1.13 bits per heavy atom. The van der Waals surface area contributed by atoms with Gasteiger partial charge in [0, 0.05) is 13.0 Å². The number of fused-ring (bicyclic) bond motifs is 5. The molecule has 0 aliphatic heterocycles. The molecule has 4 aliphatic rings. The number of rotatable bonds is 5. The minimum Gasteiger partial charge on any atom is -0.387 e. The van der Waals surface area contributed by atoms with Crippen LogP contribution < -0.4 is 0 Å². The van der Waals surface area contributed by atoms with Gasteiger partial charge in [-0.1, -0.05) is 6.92 Å². The van der Waals surface area contributed by atoms with Gasteiger partial charge < -0.3 is 9.84 Å². The van der Waals surface area contributed by atoms with Gasteiger partial charge in [-0.25, -0.2) is 4.68 Å². The molecule has 31 heavy (non-hydrogen) atoms. The van der Waals surface area contributed by atoms with Crippen LogP contribution in [0.3, 0.4) is 0 Å². The highest BCUT2D eigenvalue weighted by Gasteiger charge is 2.59. The highest BCUT2D eigenvalue weighted by Crippen LogP contribution is 2.64. The zero-order valence-electron chi connectivity index (χ0n) is 19.3. The number of methoxy groups -OCH3 is 1. The fraction of sp³-hybridized carbons (Fsp3) is 0.917. The maximum absolute atomic E-state index is 13.3. The molecule has 7 nitrogen and oxygen atoms in total. The standard InChI is InChI=1S/C24H38N4O3/c1-15-25-26-27-28(15)13-22(29)21-7-6-20-19-5-4-16-12-24(30,14-31-3)11-9-17(16)18(19)8-10-23(20,21)2/h16-21,30H,4-14H2,1-3H3/t16-,17-,18+,19+,20-,21+,23-,24+/m0/s1. The van der Waals surface area contributed by atoms with Crippen LogP contribution >= 0.6 is 0 Å². The van der Waals surface area contributed by atoms with E-state index in [1.807, 2.05) is 6.92 Å². The van der Waals surface area contributed by atoms with Crippen molar-refractivity contribution in [2.45, 2.75) is 83.8 Å². The highest BCUT2D eigenvalue weighted by atomic mass is 16.5. The molecule has 0 unspecified atom stereocenters. The van der Waals surface area contributed by atoms with Gasteiger partial charge in [-0.3, -0.25) is 4.79 Å². The van der Waals surface area contributed by atoms with Crippen molar-refractivity contribution in [2.24, 2.45) is 40.9 Å². The van der Waals surface area contributed by atoms with Crippen LogP contribution in [0.15, 0.2) is 0 Å². The lowest BCUT2D eigenvalue weighted by atomic mass is 9.49. The van der Waals surface area contributed by atoms with E-state index in [9.17, 15) is 9.90 Å². The molecule has 1 aromatic rings. The molecule has 4 fully saturated rings. The summed E-state index contributed by atoms with van der Waals surface area (Å²) in [6.07, 6.45) is 10.0. The number of hydrogen-bond acceptors (Lipinski definition) is 6. The average molecular weight is 431 g/mol. The van der Waals surface area contributed by atoms with Crippen LogP contribution in [0.25, 0.3) is 0 Å². The summed E-state index contributed by atoms with van der Waals surface area (Å²) < 4.78 is 6.98. The van der Waals surface area contributed by atoms with E-state index in [0.717, 1.165) is 49.9 Å². The van der Waals surface area contributed by atoms with Gasteiger partial charge in [-0.15, -0.1) is 5.10 Å². The number of aryl methyl sites for hydroxylation is 1. The molecule has 1 aromatic heterocycles. The molecule has 172 valence electrons. The van der Waals surface area contributed by atoms with E-state index >= 15 is 0 Å². The number of ether oxygens (including phenoxy) is 1. The zero-order valence-corrected chi connectivity index (χ0v) is 19.3. The Bertz CT molecular complexity index is 828. The molecule has 4 saturated carbocycles. The predicted octanol–water partition coefficient (Wildman–Crippen LogP) is 3.20. The van der Waals surface area contributed by atoms with Crippen LogP contribution in [0, 0.1) is 47.8 Å². The molecule has 5 rings (SSSR count). The fourth-order valence-electron chi connectivity index (χ4n) is 8.54. The number of carbonyl (C=O) groups excluding carboxylic acids is 1. The molecule has 0 amide bonds. The summed E-state index contributed by atoms with van der Waals surface area (Å²) in [5.41, 5.74) is -0.496. The number of nitrogens with zero attached hydrogens (tertiary/aromatic N) is 4. The number of ketones is 1. The monoisotopic (exact) mass is 430 g/mol. The third-order valence-electron chi connectivity index (χ3n) is 9.92. The van der Waals surface area contributed by atoms with Crippen molar-refractivity contribution in [1.82, 2.24) is 20.2 Å². The first-order valence-corrected chi connectivity index (χ1v) is 12.3. The summed E-state index contributed by atoms with van der Waals surface area (Å²) in [7, 11) is 1.70. The highest BCUT2D eigenvalue weighted by molar-refractivity contribution is 5.82. The summed E-state index contributed by atoms with van der Waals surface area (Å²) in [4.78, 5) is 13.3. The van der Waals surface area contributed by atoms with E-state index in [2.05, 4.69) is 22.4 Å². The van der Waals surface area contributed by atoms with Gasteiger partial charge in [0.1, 0.15) is 12.4 Å². The van der Waals surface area contributed by atoms with Crippen molar-refractivity contribution in [2.75, 3.05) is 13.7 Å². The van der Waals surface area contributed by atoms with E-state index < -0.39 is 5.60 Å². The second-order valence-electron chi connectivity index (χ2n) is 11.4. The van der Waals surface area contributed by atoms with Crippen molar-refractivity contribution in [3.63, 3.8) is 0 Å². The summed E-state index contributed by atoms with van der Waals surface area (Å²) >= 11 is 0. The number of hydrogen-bond donors (Lipinski definition) is 1. The SMILES string of the molecule is COC[C@@]1(O)CC[C@H]2[C@@H](CC[C@@H]3[C@@H]2CC[C@]2(C)[C@@H](C(=O)Cn4nnnc4C)CC[C@@H]32)C1. The Morgan fingerprint density at radius 2 is 1.94 bits per heavy atom. The Hall–Kier alpha value is -1.34. The summed E-state index contributed by atoms with van der Waals surface area (Å²) in [5, 5.41) is 22.6. The molecule has 0 aromatic carbocycles. The third kappa shape index (κ3) is 3.56. The number of Topliss-reactive ketones (excluding diaryl/α,β-unsaturated/α-hetero) is 1. The van der Waals surface area contributed by atoms with E-state index in [1.54, 1.807) is 11.8 Å². The Balaban J connectivity index is 1.29. The Labute approximate surface area is 185 Å². The Morgan fingerprint density at radius 3 is 2.68 bits per heavy atom. The molecule has 0 spiro atoms. The van der Waals surface area contributed by atoms with Crippen molar-refractivity contribution in [3.05, 3.63) is 5.82 Å². The number of tetrazole rings is 1. The van der Waals surface area contributed by atoms with Crippen molar-refractivity contribution in [3.8, 4) is 0 Å². The zero-order chi connectivity index (χ0) is 21.8. The number of aliphatic hydroxyl groups is 1. The second kappa shape index (κ2) is 7.91. The lowest BCUT2D eigenvalue weighted by Crippen LogP contribution is -2.52. The van der Waals surface area contributed by atoms with Crippen LogP contribution in [0.5, 0.6) is 0 Å². The largest absolute Gasteiger partial charge is 0.387 e. The molecular formula is C24H38N4O3. The summed E-state index contributed by atoms with van der Waals surface area (Å²) in [6.45, 7) is 5.03. The van der Waals surface area contributed by atoms with Crippen molar-refractivity contribution >= 4 is 5.78 Å². The maximum Gasteiger partial charge on any atom is 0.158 e. The molecule has 1 heterocycles. The molecule has 0 bridgehead atoms. The van der Waals surface area contributed by atoms with Gasteiger partial charge in [-0.05, 0) is 110 Å². The molecule has 0 radical (unpaired) electrons. The maximum atomic E-state index is 13.3. The average Bonchev–Trinajstić information content (AvgIpc) is 3.30. The quantitative estimate of drug-likeness (QED) is 0.771. The lowest BCUT2D eigenvalue weighted by molar-refractivity contribution is -0.136. The topological polar surface area (TPSA) is 90.1 Å². The Kier molecular flexibility index (Phi) is 5.48. The fourth-order valence-corrected chi connectivity index (χ4v) is 8.54. The summed E-state index contributed by atoms with van der Waals surface area (Å²) in [6, 6.07) is 0. The predicted molar refractivity (Wildman–Crippen MR) is 115 cm³/mol. The van der Waals surface area contributed by atoms with Gasteiger partial charge in [-0.2, -0.15) is 0 Å². The smallest absolute Gasteiger partial charge is 0.158 e. The first-order valence-electron chi connectivity index (χ1n) is 12.3. The van der Waals surface area contributed by atoms with Gasteiger partial charge in [0.25, 0.3) is 0 Å². The molecule has 8 atom stereocenters.